The van der Waals surface area contributed by atoms with E-state index in [9.17, 15) is 9.90 Å². The third-order valence-corrected chi connectivity index (χ3v) is 5.32. The van der Waals surface area contributed by atoms with E-state index >= 15 is 0 Å². The molecule has 1 unspecified atom stereocenters. The Balaban J connectivity index is 2.24. The number of thioether (sulfide) groups is 1. The largest absolute Gasteiger partial charge is 0.507 e. The minimum Gasteiger partial charge on any atom is -0.507 e. The van der Waals surface area contributed by atoms with Gasteiger partial charge in [0.25, 0.3) is 0 Å². The van der Waals surface area contributed by atoms with Crippen molar-refractivity contribution in [2.45, 2.75) is 43.8 Å². The molecule has 1 aliphatic heterocycles. The van der Waals surface area contributed by atoms with Gasteiger partial charge in [-0.1, -0.05) is 19.9 Å². The molecule has 0 spiro atoms. The van der Waals surface area contributed by atoms with Gasteiger partial charge in [-0.2, -0.15) is 0 Å². The van der Waals surface area contributed by atoms with E-state index in [1.54, 1.807) is 18.7 Å². The summed E-state index contributed by atoms with van der Waals surface area (Å²) in [7, 11) is 0. The highest BCUT2D eigenvalue weighted by molar-refractivity contribution is 7.98. The molecule has 2 aromatic rings. The molecular formula is C17H18O3S. The molecule has 110 valence electrons. The van der Waals surface area contributed by atoms with Gasteiger partial charge in [-0.15, -0.1) is 11.8 Å². The second kappa shape index (κ2) is 5.26. The lowest BCUT2D eigenvalue weighted by atomic mass is 9.95. The lowest BCUT2D eigenvalue weighted by Crippen LogP contribution is -2.09. The number of benzene rings is 1. The van der Waals surface area contributed by atoms with Crippen molar-refractivity contribution in [2.75, 3.05) is 0 Å². The lowest BCUT2D eigenvalue weighted by Gasteiger charge is -2.21. The summed E-state index contributed by atoms with van der Waals surface area (Å²) in [6.45, 7) is 5.93. The summed E-state index contributed by atoms with van der Waals surface area (Å²) >= 11 is 1.67. The predicted molar refractivity (Wildman–Crippen MR) is 85.1 cm³/mol. The van der Waals surface area contributed by atoms with Crippen molar-refractivity contribution in [3.05, 3.63) is 45.3 Å². The summed E-state index contributed by atoms with van der Waals surface area (Å²) in [5.74, 6) is 1.69. The van der Waals surface area contributed by atoms with Gasteiger partial charge in [0.1, 0.15) is 11.5 Å². The maximum absolute atomic E-state index is 11.9. The number of hydrogen-bond donors (Lipinski definition) is 1. The summed E-state index contributed by atoms with van der Waals surface area (Å²) in [5.41, 5.74) is 2.71. The zero-order valence-electron chi connectivity index (χ0n) is 12.4. The summed E-state index contributed by atoms with van der Waals surface area (Å²) in [6.07, 6.45) is 1.06. The van der Waals surface area contributed by atoms with Crippen molar-refractivity contribution in [1.29, 1.82) is 0 Å². The molecule has 1 aliphatic rings. The van der Waals surface area contributed by atoms with Crippen LogP contribution >= 0.6 is 11.8 Å². The third-order valence-electron chi connectivity index (χ3n) is 4.22. The Labute approximate surface area is 128 Å². The number of fused-ring (bicyclic) bond motifs is 3. The maximum Gasteiger partial charge on any atom is 0.342 e. The molecule has 0 saturated carbocycles. The zero-order valence-corrected chi connectivity index (χ0v) is 13.2. The van der Waals surface area contributed by atoms with E-state index in [0.717, 1.165) is 22.4 Å². The molecule has 0 aliphatic carbocycles. The Morgan fingerprint density at radius 2 is 2.19 bits per heavy atom. The zero-order chi connectivity index (χ0) is 15.1. The smallest absolute Gasteiger partial charge is 0.342 e. The van der Waals surface area contributed by atoms with Gasteiger partial charge < -0.3 is 9.52 Å². The van der Waals surface area contributed by atoms with E-state index in [0.29, 0.717) is 17.4 Å². The first-order valence-electron chi connectivity index (χ1n) is 7.15. The quantitative estimate of drug-likeness (QED) is 0.891. The Morgan fingerprint density at radius 1 is 1.43 bits per heavy atom. The predicted octanol–water partition coefficient (Wildman–Crippen LogP) is 4.44. The van der Waals surface area contributed by atoms with Gasteiger partial charge in [-0.25, -0.2) is 4.79 Å². The maximum atomic E-state index is 11.9. The van der Waals surface area contributed by atoms with E-state index in [-0.39, 0.29) is 11.3 Å². The molecular weight excluding hydrogens is 284 g/mol. The average molecular weight is 302 g/mol. The van der Waals surface area contributed by atoms with Gasteiger partial charge in [-0.05, 0) is 37.0 Å². The standard InChI is InChI=1S/C17H18O3S/c1-4-9(2)11-5-6-14-12(7-11)16-13(8-21-14)15(18)10(3)17(19)20-16/h5-7,9,18H,4,8H2,1-3H3. The van der Waals surface area contributed by atoms with Crippen LogP contribution in [0.1, 0.15) is 42.9 Å². The van der Waals surface area contributed by atoms with Crippen molar-refractivity contribution in [3.8, 4) is 17.1 Å². The molecule has 0 bridgehead atoms. The van der Waals surface area contributed by atoms with Crippen LogP contribution in [0.25, 0.3) is 11.3 Å². The summed E-state index contributed by atoms with van der Waals surface area (Å²) in [4.78, 5) is 13.0. The number of aromatic hydroxyl groups is 1. The van der Waals surface area contributed by atoms with Gasteiger partial charge in [-0.3, -0.25) is 0 Å². The molecule has 0 radical (unpaired) electrons. The van der Waals surface area contributed by atoms with Crippen molar-refractivity contribution < 1.29 is 9.52 Å². The van der Waals surface area contributed by atoms with Crippen LogP contribution in [0.4, 0.5) is 0 Å². The van der Waals surface area contributed by atoms with Crippen LogP contribution in [-0.4, -0.2) is 5.11 Å². The van der Waals surface area contributed by atoms with Crippen LogP contribution in [0.2, 0.25) is 0 Å². The number of rotatable bonds is 2. The second-order valence-corrected chi connectivity index (χ2v) is 6.54. The molecule has 3 nitrogen and oxygen atoms in total. The topological polar surface area (TPSA) is 50.4 Å². The second-order valence-electron chi connectivity index (χ2n) is 5.52. The molecule has 1 aromatic heterocycles. The SMILES string of the molecule is CCC(C)c1ccc2c(c1)-c1oc(=O)c(C)c(O)c1CS2. The Kier molecular flexibility index (Phi) is 3.57. The molecule has 1 atom stereocenters. The monoisotopic (exact) mass is 302 g/mol. The molecule has 0 saturated heterocycles. The van der Waals surface area contributed by atoms with E-state index in [1.807, 2.05) is 0 Å². The van der Waals surface area contributed by atoms with Crippen molar-refractivity contribution in [3.63, 3.8) is 0 Å². The van der Waals surface area contributed by atoms with E-state index in [4.69, 9.17) is 4.42 Å². The first kappa shape index (κ1) is 14.3. The molecule has 0 amide bonds. The fraction of sp³-hybridized carbons (Fsp3) is 0.353. The lowest BCUT2D eigenvalue weighted by molar-refractivity contribution is 0.438. The van der Waals surface area contributed by atoms with Crippen LogP contribution in [0.5, 0.6) is 5.75 Å². The van der Waals surface area contributed by atoms with Gasteiger partial charge in [0, 0.05) is 21.8 Å². The Morgan fingerprint density at radius 3 is 2.90 bits per heavy atom. The van der Waals surface area contributed by atoms with Crippen LogP contribution in [0.3, 0.4) is 0 Å². The fourth-order valence-corrected chi connectivity index (χ4v) is 3.59. The van der Waals surface area contributed by atoms with E-state index in [2.05, 4.69) is 32.0 Å². The first-order valence-corrected chi connectivity index (χ1v) is 8.14. The average Bonchev–Trinajstić information content (AvgIpc) is 2.51. The molecule has 0 fully saturated rings. The molecule has 2 heterocycles. The van der Waals surface area contributed by atoms with E-state index in [1.165, 1.54) is 5.56 Å². The van der Waals surface area contributed by atoms with Gasteiger partial charge in [0.2, 0.25) is 0 Å². The van der Waals surface area contributed by atoms with Crippen LogP contribution in [0, 0.1) is 6.92 Å². The molecule has 21 heavy (non-hydrogen) atoms. The Bertz CT molecular complexity index is 761. The van der Waals surface area contributed by atoms with Gasteiger partial charge >= 0.3 is 5.63 Å². The fourth-order valence-electron chi connectivity index (χ4n) is 2.56. The van der Waals surface area contributed by atoms with E-state index < -0.39 is 5.63 Å². The Hall–Kier alpha value is -1.68. The van der Waals surface area contributed by atoms with Gasteiger partial charge in [0.15, 0.2) is 0 Å². The van der Waals surface area contributed by atoms with Crippen LogP contribution < -0.4 is 5.63 Å². The molecule has 3 rings (SSSR count). The summed E-state index contributed by atoms with van der Waals surface area (Å²) in [6, 6.07) is 6.31. The highest BCUT2D eigenvalue weighted by Gasteiger charge is 2.25. The van der Waals surface area contributed by atoms with Crippen molar-refractivity contribution >= 4 is 11.8 Å². The normalized spacial score (nSPS) is 14.4. The minimum absolute atomic E-state index is 0.0772. The third kappa shape index (κ3) is 2.27. The first-order chi connectivity index (χ1) is 10.0. The minimum atomic E-state index is -0.460. The summed E-state index contributed by atoms with van der Waals surface area (Å²) < 4.78 is 5.48. The van der Waals surface area contributed by atoms with Crippen LogP contribution in [-0.2, 0) is 5.75 Å². The highest BCUT2D eigenvalue weighted by atomic mass is 32.2. The molecule has 1 aromatic carbocycles. The van der Waals surface area contributed by atoms with Crippen LogP contribution in [0.15, 0.2) is 32.3 Å². The molecule has 1 N–H and O–H groups in total. The highest BCUT2D eigenvalue weighted by Crippen LogP contribution is 2.45. The number of hydrogen-bond acceptors (Lipinski definition) is 4. The van der Waals surface area contributed by atoms with Gasteiger partial charge in [0.05, 0.1) is 5.56 Å². The summed E-state index contributed by atoms with van der Waals surface area (Å²) in [5, 5.41) is 10.2. The van der Waals surface area contributed by atoms with Crippen molar-refractivity contribution in [1.82, 2.24) is 0 Å². The molecule has 4 heteroatoms. The van der Waals surface area contributed by atoms with Crippen molar-refractivity contribution in [2.24, 2.45) is 0 Å².